The van der Waals surface area contributed by atoms with Crippen LogP contribution in [0.4, 0.5) is 0 Å². The summed E-state index contributed by atoms with van der Waals surface area (Å²) in [6.07, 6.45) is 10.4. The first-order valence-electron chi connectivity index (χ1n) is 9.20. The predicted molar refractivity (Wildman–Crippen MR) is 89.7 cm³/mol. The zero-order valence-electron chi connectivity index (χ0n) is 14.8. The highest BCUT2D eigenvalue weighted by Crippen LogP contribution is 2.63. The summed E-state index contributed by atoms with van der Waals surface area (Å²) < 4.78 is 0. The van der Waals surface area contributed by atoms with Crippen LogP contribution in [0.3, 0.4) is 0 Å². The van der Waals surface area contributed by atoms with Crippen molar-refractivity contribution in [1.82, 2.24) is 0 Å². The summed E-state index contributed by atoms with van der Waals surface area (Å²) in [5.74, 6) is -0.238. The van der Waals surface area contributed by atoms with Gasteiger partial charge >= 0.3 is 5.97 Å². The Bertz CT molecular complexity index is 520. The Morgan fingerprint density at radius 3 is 2.55 bits per heavy atom. The first kappa shape index (κ1) is 16.1. The normalized spacial score (nSPS) is 45.2. The third-order valence-electron chi connectivity index (χ3n) is 7.74. The smallest absolute Gasteiger partial charge is 0.309 e. The summed E-state index contributed by atoms with van der Waals surface area (Å²) in [4.78, 5) is 12.0. The second-order valence-electron chi connectivity index (χ2n) is 9.01. The minimum Gasteiger partial charge on any atom is -0.481 e. The van der Waals surface area contributed by atoms with Gasteiger partial charge in [-0.15, -0.1) is 0 Å². The molecule has 4 atom stereocenters. The topological polar surface area (TPSA) is 37.3 Å². The predicted octanol–water partition coefficient (Wildman–Crippen LogP) is 5.57. The zero-order valence-corrected chi connectivity index (χ0v) is 14.8. The number of aliphatic carboxylic acids is 1. The molecule has 124 valence electrons. The Balaban J connectivity index is 1.99. The van der Waals surface area contributed by atoms with Gasteiger partial charge in [0.25, 0.3) is 0 Å². The molecule has 0 bridgehead atoms. The van der Waals surface area contributed by atoms with E-state index in [1.54, 1.807) is 11.1 Å². The second-order valence-corrected chi connectivity index (χ2v) is 9.01. The molecule has 0 radical (unpaired) electrons. The van der Waals surface area contributed by atoms with E-state index in [-0.39, 0.29) is 5.41 Å². The largest absolute Gasteiger partial charge is 0.481 e. The van der Waals surface area contributed by atoms with Gasteiger partial charge in [0, 0.05) is 0 Å². The van der Waals surface area contributed by atoms with Crippen LogP contribution in [0.25, 0.3) is 0 Å². The molecule has 3 aliphatic carbocycles. The number of rotatable bonds is 2. The van der Waals surface area contributed by atoms with Crippen molar-refractivity contribution in [3.63, 3.8) is 0 Å². The molecule has 3 rings (SSSR count). The molecular weight excluding hydrogens is 272 g/mol. The lowest BCUT2D eigenvalue weighted by atomic mass is 9.47. The first-order valence-corrected chi connectivity index (χ1v) is 9.20. The summed E-state index contributed by atoms with van der Waals surface area (Å²) >= 11 is 0. The van der Waals surface area contributed by atoms with Crippen LogP contribution in [0, 0.1) is 22.2 Å². The minimum atomic E-state index is -0.568. The van der Waals surface area contributed by atoms with Crippen molar-refractivity contribution < 1.29 is 9.90 Å². The third-order valence-corrected chi connectivity index (χ3v) is 7.74. The molecule has 3 aliphatic rings. The maximum Gasteiger partial charge on any atom is 0.309 e. The average molecular weight is 304 g/mol. The molecule has 2 heteroatoms. The molecule has 0 unspecified atom stereocenters. The van der Waals surface area contributed by atoms with Crippen molar-refractivity contribution >= 4 is 5.97 Å². The van der Waals surface area contributed by atoms with Crippen molar-refractivity contribution in [2.75, 3.05) is 0 Å². The Hall–Kier alpha value is -0.790. The molecule has 22 heavy (non-hydrogen) atoms. The van der Waals surface area contributed by atoms with Crippen LogP contribution in [0.5, 0.6) is 0 Å². The van der Waals surface area contributed by atoms with E-state index in [4.69, 9.17) is 0 Å². The van der Waals surface area contributed by atoms with Gasteiger partial charge in [0.15, 0.2) is 0 Å². The van der Waals surface area contributed by atoms with Gasteiger partial charge in [0.2, 0.25) is 0 Å². The number of carboxylic acids is 1. The molecule has 0 heterocycles. The Labute approximate surface area is 135 Å². The van der Waals surface area contributed by atoms with Crippen LogP contribution in [-0.2, 0) is 4.79 Å². The van der Waals surface area contributed by atoms with Crippen LogP contribution in [0.1, 0.15) is 85.5 Å². The number of allylic oxidation sites excluding steroid dienone is 2. The van der Waals surface area contributed by atoms with E-state index in [1.807, 2.05) is 6.92 Å². The zero-order chi connectivity index (χ0) is 16.2. The lowest BCUT2D eigenvalue weighted by Gasteiger charge is -2.56. The first-order chi connectivity index (χ1) is 10.3. The van der Waals surface area contributed by atoms with Crippen molar-refractivity contribution in [2.24, 2.45) is 22.2 Å². The van der Waals surface area contributed by atoms with Gasteiger partial charge in [0.05, 0.1) is 5.41 Å². The molecule has 1 N–H and O–H groups in total. The van der Waals surface area contributed by atoms with E-state index < -0.39 is 11.4 Å². The van der Waals surface area contributed by atoms with E-state index in [9.17, 15) is 9.90 Å². The van der Waals surface area contributed by atoms with E-state index in [0.29, 0.717) is 11.3 Å². The van der Waals surface area contributed by atoms with E-state index in [0.717, 1.165) is 25.7 Å². The number of hydrogen-bond acceptors (Lipinski definition) is 1. The van der Waals surface area contributed by atoms with Crippen molar-refractivity contribution in [2.45, 2.75) is 85.5 Å². The van der Waals surface area contributed by atoms with Gasteiger partial charge in [-0.05, 0) is 68.6 Å². The van der Waals surface area contributed by atoms with Crippen molar-refractivity contribution in [1.29, 1.82) is 0 Å². The summed E-state index contributed by atoms with van der Waals surface area (Å²) in [7, 11) is 0. The Kier molecular flexibility index (Phi) is 3.73. The maximum atomic E-state index is 12.0. The van der Waals surface area contributed by atoms with Gasteiger partial charge in [0.1, 0.15) is 0 Å². The fourth-order valence-electron chi connectivity index (χ4n) is 5.99. The van der Waals surface area contributed by atoms with Crippen LogP contribution >= 0.6 is 0 Å². The molecule has 2 nitrogen and oxygen atoms in total. The summed E-state index contributed by atoms with van der Waals surface area (Å²) in [6.45, 7) is 9.16. The lowest BCUT2D eigenvalue weighted by molar-refractivity contribution is -0.159. The maximum absolute atomic E-state index is 12.0. The van der Waals surface area contributed by atoms with Gasteiger partial charge in [-0.3, -0.25) is 4.79 Å². The average Bonchev–Trinajstić information content (AvgIpc) is 2.46. The van der Waals surface area contributed by atoms with Gasteiger partial charge in [-0.2, -0.15) is 0 Å². The second kappa shape index (κ2) is 5.11. The number of carboxylic acid groups (broad SMARTS) is 1. The van der Waals surface area contributed by atoms with E-state index in [2.05, 4.69) is 20.8 Å². The third kappa shape index (κ3) is 2.17. The molecule has 0 amide bonds. The van der Waals surface area contributed by atoms with Gasteiger partial charge < -0.3 is 5.11 Å². The standard InChI is InChI=1S/C20H32O2/c1-5-18(2)12-9-15-14(13-18)7-8-16-19(15,3)10-6-11-20(16,4)17(21)22/h16H,5-13H2,1-4H3,(H,21,22)/t16-,18-,19-,20-/m1/s1. The highest BCUT2D eigenvalue weighted by Gasteiger charge is 2.56. The molecular formula is C20H32O2. The fraction of sp³-hybridized carbons (Fsp3) is 0.850. The molecule has 0 aromatic heterocycles. The summed E-state index contributed by atoms with van der Waals surface area (Å²) in [6, 6.07) is 0. The van der Waals surface area contributed by atoms with Crippen LogP contribution < -0.4 is 0 Å². The highest BCUT2D eigenvalue weighted by atomic mass is 16.4. The van der Waals surface area contributed by atoms with Crippen molar-refractivity contribution in [3.05, 3.63) is 11.1 Å². The Morgan fingerprint density at radius 1 is 1.18 bits per heavy atom. The molecule has 0 aliphatic heterocycles. The quantitative estimate of drug-likeness (QED) is 0.677. The molecule has 0 aromatic carbocycles. The van der Waals surface area contributed by atoms with Crippen LogP contribution in [0.15, 0.2) is 11.1 Å². The van der Waals surface area contributed by atoms with E-state index in [1.165, 1.54) is 32.1 Å². The monoisotopic (exact) mass is 304 g/mol. The van der Waals surface area contributed by atoms with Crippen LogP contribution in [0.2, 0.25) is 0 Å². The van der Waals surface area contributed by atoms with Crippen LogP contribution in [-0.4, -0.2) is 11.1 Å². The number of fused-ring (bicyclic) bond motifs is 2. The molecule has 0 saturated heterocycles. The van der Waals surface area contributed by atoms with Gasteiger partial charge in [-0.25, -0.2) is 0 Å². The SMILES string of the molecule is CC[C@]1(C)CCC2=C(CC[C@H]3[C@](C)(C(=O)O)CCC[C@]23C)C1. The highest BCUT2D eigenvalue weighted by molar-refractivity contribution is 5.75. The minimum absolute atomic E-state index is 0.147. The Morgan fingerprint density at radius 2 is 1.91 bits per heavy atom. The molecule has 0 spiro atoms. The molecule has 0 aromatic rings. The summed E-state index contributed by atoms with van der Waals surface area (Å²) in [5, 5.41) is 9.85. The molecule has 1 fully saturated rings. The fourth-order valence-corrected chi connectivity index (χ4v) is 5.99. The van der Waals surface area contributed by atoms with E-state index >= 15 is 0 Å². The van der Waals surface area contributed by atoms with Gasteiger partial charge in [-0.1, -0.05) is 44.8 Å². The molecule has 1 saturated carbocycles. The number of carbonyl (C=O) groups is 1. The number of hydrogen-bond donors (Lipinski definition) is 1. The summed E-state index contributed by atoms with van der Waals surface area (Å²) in [5.41, 5.74) is 3.48. The lowest BCUT2D eigenvalue weighted by Crippen LogP contribution is -2.51. The van der Waals surface area contributed by atoms with Crippen molar-refractivity contribution in [3.8, 4) is 0 Å².